The molecule has 19 heteroatoms. The zero-order chi connectivity index (χ0) is 74.9. The van der Waals surface area contributed by atoms with Gasteiger partial charge in [-0.1, -0.05) is 388 Å². The SMILES string of the molecule is CCCCCCCCCCCCCCCCCCCCCCC(=O)O[C@H](COC(=O)CCCCCCCCCCCCCCC(C)C)COP(=O)(O)OC[C@@H](O)COP(=O)(O)OC[C@@H](COC(=O)CCCCCCCCCCCCCCC)OC(=O)CCCCCCCCCCCCC(C)CC. The molecule has 0 aromatic heterocycles. The topological polar surface area (TPSA) is 237 Å². The Kier molecular flexibility index (Phi) is 73.1. The molecule has 0 aliphatic carbocycles. The van der Waals surface area contributed by atoms with Gasteiger partial charge in [-0.15, -0.1) is 0 Å². The molecule has 0 aromatic rings. The largest absolute Gasteiger partial charge is 0.472 e. The van der Waals surface area contributed by atoms with E-state index in [9.17, 15) is 43.2 Å². The van der Waals surface area contributed by atoms with Crippen molar-refractivity contribution in [2.24, 2.45) is 11.8 Å². The van der Waals surface area contributed by atoms with Crippen LogP contribution in [0.5, 0.6) is 0 Å². The molecule has 0 saturated heterocycles. The van der Waals surface area contributed by atoms with Gasteiger partial charge in [0.2, 0.25) is 0 Å². The Hall–Kier alpha value is -1.94. The molecule has 0 amide bonds. The number of ether oxygens (including phenoxy) is 4. The number of aliphatic hydroxyl groups is 1. The number of carbonyl (C=O) groups is 4. The Labute approximate surface area is 626 Å². The minimum absolute atomic E-state index is 0.107. The van der Waals surface area contributed by atoms with E-state index in [1.54, 1.807) is 0 Å². The van der Waals surface area contributed by atoms with Crippen LogP contribution in [-0.2, 0) is 65.4 Å². The molecule has 0 spiro atoms. The monoisotopic (exact) mass is 1490 g/mol. The fourth-order valence-electron chi connectivity index (χ4n) is 12.9. The van der Waals surface area contributed by atoms with Crippen LogP contribution >= 0.6 is 15.6 Å². The fourth-order valence-corrected chi connectivity index (χ4v) is 14.4. The number of phosphoric acid groups is 2. The molecule has 6 atom stereocenters. The first-order valence-corrected chi connectivity index (χ1v) is 46.0. The zero-order valence-corrected chi connectivity index (χ0v) is 68.7. The van der Waals surface area contributed by atoms with Gasteiger partial charge in [0.25, 0.3) is 0 Å². The van der Waals surface area contributed by atoms with E-state index in [-0.39, 0.29) is 25.7 Å². The van der Waals surface area contributed by atoms with Gasteiger partial charge >= 0.3 is 39.5 Å². The molecule has 0 aromatic carbocycles. The van der Waals surface area contributed by atoms with E-state index in [0.29, 0.717) is 25.7 Å². The van der Waals surface area contributed by atoms with Crippen LogP contribution in [0.1, 0.15) is 440 Å². The van der Waals surface area contributed by atoms with E-state index in [1.807, 2.05) is 0 Å². The lowest BCUT2D eigenvalue weighted by Gasteiger charge is -2.21. The van der Waals surface area contributed by atoms with Crippen molar-refractivity contribution >= 4 is 39.5 Å². The smallest absolute Gasteiger partial charge is 0.462 e. The Morgan fingerprint density at radius 3 is 0.745 bits per heavy atom. The van der Waals surface area contributed by atoms with E-state index in [4.69, 9.17) is 37.0 Å². The summed E-state index contributed by atoms with van der Waals surface area (Å²) in [7, 11) is -9.92. The fraction of sp³-hybridized carbons (Fsp3) is 0.952. The molecule has 3 unspecified atom stereocenters. The van der Waals surface area contributed by atoms with E-state index >= 15 is 0 Å². The highest BCUT2D eigenvalue weighted by molar-refractivity contribution is 7.47. The molecular formula is C83H162O17P2. The Morgan fingerprint density at radius 1 is 0.284 bits per heavy atom. The first kappa shape index (κ1) is 100. The van der Waals surface area contributed by atoms with E-state index in [0.717, 1.165) is 102 Å². The number of unbranched alkanes of at least 4 members (excludes halogenated alkanes) is 51. The molecule has 0 heterocycles. The number of hydrogen-bond donors (Lipinski definition) is 3. The van der Waals surface area contributed by atoms with Crippen molar-refractivity contribution in [3.8, 4) is 0 Å². The second-order valence-corrected chi connectivity index (χ2v) is 33.5. The maximum absolute atomic E-state index is 13.1. The molecule has 0 aliphatic rings. The van der Waals surface area contributed by atoms with Crippen LogP contribution in [0.2, 0.25) is 0 Å². The van der Waals surface area contributed by atoms with Crippen LogP contribution in [0, 0.1) is 11.8 Å². The molecule has 606 valence electrons. The van der Waals surface area contributed by atoms with Gasteiger partial charge in [-0.25, -0.2) is 9.13 Å². The van der Waals surface area contributed by atoms with Crippen LogP contribution in [-0.4, -0.2) is 96.7 Å². The van der Waals surface area contributed by atoms with Crippen molar-refractivity contribution in [1.29, 1.82) is 0 Å². The first-order valence-electron chi connectivity index (χ1n) is 43.0. The molecule has 3 N–H and O–H groups in total. The van der Waals surface area contributed by atoms with Crippen LogP contribution in [0.25, 0.3) is 0 Å². The van der Waals surface area contributed by atoms with Crippen LogP contribution in [0.4, 0.5) is 0 Å². The summed E-state index contributed by atoms with van der Waals surface area (Å²) < 4.78 is 68.8. The van der Waals surface area contributed by atoms with Gasteiger partial charge in [0, 0.05) is 25.7 Å². The number of phosphoric ester groups is 2. The second-order valence-electron chi connectivity index (χ2n) is 30.6. The number of hydrogen-bond acceptors (Lipinski definition) is 15. The summed E-state index contributed by atoms with van der Waals surface area (Å²) in [6.45, 7) is 9.69. The highest BCUT2D eigenvalue weighted by Gasteiger charge is 2.30. The van der Waals surface area contributed by atoms with E-state index < -0.39 is 97.5 Å². The predicted molar refractivity (Wildman–Crippen MR) is 418 cm³/mol. The third-order valence-electron chi connectivity index (χ3n) is 19.8. The quantitative estimate of drug-likeness (QED) is 0.0222. The Balaban J connectivity index is 5.26. The van der Waals surface area contributed by atoms with Crippen molar-refractivity contribution < 1.29 is 80.2 Å². The summed E-state index contributed by atoms with van der Waals surface area (Å²) in [5.74, 6) is -0.520. The third-order valence-corrected chi connectivity index (χ3v) is 21.7. The van der Waals surface area contributed by atoms with Crippen molar-refractivity contribution in [3.63, 3.8) is 0 Å². The summed E-state index contributed by atoms with van der Waals surface area (Å²) in [5, 5.41) is 10.7. The van der Waals surface area contributed by atoms with Gasteiger partial charge in [0.05, 0.1) is 26.4 Å². The van der Waals surface area contributed by atoms with Crippen molar-refractivity contribution in [3.05, 3.63) is 0 Å². The minimum atomic E-state index is -4.96. The number of carbonyl (C=O) groups excluding carboxylic acids is 4. The Bertz CT molecular complexity index is 1960. The molecule has 0 bridgehead atoms. The molecule has 0 radical (unpaired) electrons. The van der Waals surface area contributed by atoms with Gasteiger partial charge in [0.15, 0.2) is 12.2 Å². The summed E-state index contributed by atoms with van der Waals surface area (Å²) >= 11 is 0. The third kappa shape index (κ3) is 74.9. The molecule has 0 aliphatic heterocycles. The van der Waals surface area contributed by atoms with Crippen molar-refractivity contribution in [1.82, 2.24) is 0 Å². The molecule has 17 nitrogen and oxygen atoms in total. The Morgan fingerprint density at radius 2 is 0.500 bits per heavy atom. The lowest BCUT2D eigenvalue weighted by atomic mass is 9.99. The van der Waals surface area contributed by atoms with Gasteiger partial charge in [-0.05, 0) is 37.5 Å². The van der Waals surface area contributed by atoms with Crippen LogP contribution < -0.4 is 0 Å². The summed E-state index contributed by atoms with van der Waals surface area (Å²) in [6, 6.07) is 0. The molecule has 102 heavy (non-hydrogen) atoms. The van der Waals surface area contributed by atoms with Crippen molar-refractivity contribution in [2.45, 2.75) is 458 Å². The van der Waals surface area contributed by atoms with Crippen LogP contribution in [0.15, 0.2) is 0 Å². The van der Waals surface area contributed by atoms with Gasteiger partial charge < -0.3 is 33.8 Å². The van der Waals surface area contributed by atoms with E-state index in [1.165, 1.54) is 257 Å². The number of rotatable bonds is 82. The lowest BCUT2D eigenvalue weighted by molar-refractivity contribution is -0.161. The molecule has 0 fully saturated rings. The molecular weight excluding hydrogens is 1330 g/mol. The van der Waals surface area contributed by atoms with Crippen LogP contribution in [0.3, 0.4) is 0 Å². The summed E-state index contributed by atoms with van der Waals surface area (Å²) in [4.78, 5) is 73.1. The van der Waals surface area contributed by atoms with Gasteiger partial charge in [0.1, 0.15) is 19.3 Å². The van der Waals surface area contributed by atoms with Gasteiger partial charge in [-0.2, -0.15) is 0 Å². The lowest BCUT2D eigenvalue weighted by Crippen LogP contribution is -2.30. The molecule has 0 saturated carbocycles. The van der Waals surface area contributed by atoms with Gasteiger partial charge in [-0.3, -0.25) is 37.3 Å². The second kappa shape index (κ2) is 74.5. The zero-order valence-electron chi connectivity index (χ0n) is 66.9. The maximum atomic E-state index is 13.1. The molecule has 0 rings (SSSR count). The number of esters is 4. The summed E-state index contributed by atoms with van der Waals surface area (Å²) in [6.07, 6.45) is 65.1. The normalized spacial score (nSPS) is 14.1. The average Bonchev–Trinajstić information content (AvgIpc) is 0.912. The average molecular weight is 1490 g/mol. The maximum Gasteiger partial charge on any atom is 0.472 e. The highest BCUT2D eigenvalue weighted by atomic mass is 31.2. The summed E-state index contributed by atoms with van der Waals surface area (Å²) in [5.41, 5.74) is 0. The minimum Gasteiger partial charge on any atom is -0.462 e. The number of aliphatic hydroxyl groups excluding tert-OH is 1. The standard InChI is InChI=1S/C83H162O17P2/c1-7-10-12-14-16-18-20-22-23-24-25-26-27-28-30-36-43-49-55-61-67-82(87)99-78(71-94-81(86)66-60-54-48-42-35-32-31-33-39-45-51-57-63-75(4)5)73-97-101(89,90)95-69-77(84)70-96-102(91,92)98-74-79(72-93-80(85)65-59-53-47-41-34-29-21-19-17-15-13-11-8-2)100-83(88)68-62-56-50-44-38-37-40-46-52-58-64-76(6)9-3/h75-79,84H,7-74H2,1-6H3,(H,89,90)(H,91,92)/t76?,77-,78-,79-/m1/s1. The highest BCUT2D eigenvalue weighted by Crippen LogP contribution is 2.45. The predicted octanol–water partition coefficient (Wildman–Crippen LogP) is 25.1. The first-order chi connectivity index (χ1) is 49.4. The van der Waals surface area contributed by atoms with Crippen molar-refractivity contribution in [2.75, 3.05) is 39.6 Å². The van der Waals surface area contributed by atoms with E-state index in [2.05, 4.69) is 41.5 Å².